The molecule has 5 N–H and O–H groups in total. The number of carbonyl (C=O) groups is 1. The number of aromatic hydroxyl groups is 1. The second-order valence-electron chi connectivity index (χ2n) is 7.46. The highest BCUT2D eigenvalue weighted by molar-refractivity contribution is 6.31. The topological polar surface area (TPSA) is 112 Å². The van der Waals surface area contributed by atoms with Gasteiger partial charge < -0.3 is 20.9 Å². The molecule has 4 aromatic rings. The molecule has 0 saturated carbocycles. The van der Waals surface area contributed by atoms with Gasteiger partial charge in [-0.2, -0.15) is 0 Å². The van der Waals surface area contributed by atoms with Crippen LogP contribution in [0.1, 0.15) is 28.7 Å². The van der Waals surface area contributed by atoms with Crippen molar-refractivity contribution in [3.05, 3.63) is 94.0 Å². The third-order valence-electron chi connectivity index (χ3n) is 5.22. The molecule has 6 nitrogen and oxygen atoms in total. The van der Waals surface area contributed by atoms with E-state index >= 15 is 0 Å². The number of nitrogens with zero attached hydrogens (tertiary/aromatic N) is 1. The maximum absolute atomic E-state index is 11.0. The highest BCUT2D eigenvalue weighted by Gasteiger charge is 2.19. The van der Waals surface area contributed by atoms with E-state index < -0.39 is 5.97 Å². The van der Waals surface area contributed by atoms with Crippen molar-refractivity contribution in [2.75, 3.05) is 0 Å². The summed E-state index contributed by atoms with van der Waals surface area (Å²) in [7, 11) is 0. The number of aliphatic carboxylic acids is 1. The van der Waals surface area contributed by atoms with Crippen LogP contribution in [0, 0.1) is 0 Å². The summed E-state index contributed by atoms with van der Waals surface area (Å²) in [4.78, 5) is 18.8. The van der Waals surface area contributed by atoms with Gasteiger partial charge in [-0.05, 0) is 47.9 Å². The van der Waals surface area contributed by atoms with Crippen LogP contribution in [0.2, 0.25) is 5.02 Å². The zero-order valence-corrected chi connectivity index (χ0v) is 17.9. The van der Waals surface area contributed by atoms with Gasteiger partial charge in [0.15, 0.2) is 5.88 Å². The smallest absolute Gasteiger partial charge is 0.303 e. The van der Waals surface area contributed by atoms with Crippen molar-refractivity contribution >= 4 is 39.9 Å². The van der Waals surface area contributed by atoms with Crippen molar-refractivity contribution in [1.82, 2.24) is 4.98 Å². The van der Waals surface area contributed by atoms with Gasteiger partial charge in [0.25, 0.3) is 0 Å². The average molecular weight is 448 g/mol. The van der Waals surface area contributed by atoms with Crippen LogP contribution >= 0.6 is 11.6 Å². The first kappa shape index (κ1) is 21.6. The molecule has 0 aliphatic rings. The van der Waals surface area contributed by atoms with Crippen molar-refractivity contribution < 1.29 is 15.0 Å². The first-order valence-electron chi connectivity index (χ1n) is 10.1. The fourth-order valence-corrected chi connectivity index (χ4v) is 3.79. The molecule has 0 aliphatic heterocycles. The molecule has 0 fully saturated rings. The molecule has 0 aliphatic carbocycles. The second kappa shape index (κ2) is 9.26. The molecule has 0 unspecified atom stereocenters. The van der Waals surface area contributed by atoms with Crippen LogP contribution in [-0.2, 0) is 17.8 Å². The van der Waals surface area contributed by atoms with Gasteiger partial charge in [-0.15, -0.1) is 0 Å². The minimum absolute atomic E-state index is 0.0180. The Hall–Kier alpha value is -3.61. The number of aromatic amines is 1. The normalized spacial score (nSPS) is 11.8. The van der Waals surface area contributed by atoms with Gasteiger partial charge >= 0.3 is 5.97 Å². The fourth-order valence-electron chi connectivity index (χ4n) is 3.62. The molecule has 0 amide bonds. The van der Waals surface area contributed by atoms with Crippen LogP contribution in [0.15, 0.2) is 71.7 Å². The Labute approximate surface area is 190 Å². The first-order valence-corrected chi connectivity index (χ1v) is 10.5. The quantitative estimate of drug-likeness (QED) is 0.293. The lowest BCUT2D eigenvalue weighted by atomic mass is 9.97. The molecule has 0 radical (unpaired) electrons. The number of benzene rings is 3. The standard InChI is InChI=1S/C25H22ClN3O3/c26-18-7-10-20-21(13-18)29-25(32)23(20)24(28-19-8-4-16(14-27)5-9-19)17-3-1-2-15(12-17)6-11-22(30)31/h1-5,7-10,12-13,29,32H,6,11,14,27H2,(H,30,31). The van der Waals surface area contributed by atoms with Crippen molar-refractivity contribution in [3.63, 3.8) is 0 Å². The lowest BCUT2D eigenvalue weighted by Gasteiger charge is -2.10. The Balaban J connectivity index is 1.88. The van der Waals surface area contributed by atoms with Crippen molar-refractivity contribution in [2.24, 2.45) is 10.7 Å². The fraction of sp³-hybridized carbons (Fsp3) is 0.120. The predicted molar refractivity (Wildman–Crippen MR) is 127 cm³/mol. The lowest BCUT2D eigenvalue weighted by Crippen LogP contribution is -2.05. The molecule has 0 atom stereocenters. The Kier molecular flexibility index (Phi) is 6.25. The molecular formula is C25H22ClN3O3. The first-order chi connectivity index (χ1) is 15.4. The summed E-state index contributed by atoms with van der Waals surface area (Å²) in [5.74, 6) is -0.869. The Morgan fingerprint density at radius 2 is 1.81 bits per heavy atom. The highest BCUT2D eigenvalue weighted by Crippen LogP contribution is 2.33. The number of hydrogen-bond acceptors (Lipinski definition) is 4. The maximum atomic E-state index is 11.0. The van der Waals surface area contributed by atoms with Gasteiger partial charge in [0.05, 0.1) is 22.5 Å². The van der Waals surface area contributed by atoms with Gasteiger partial charge in [0.1, 0.15) is 0 Å². The molecular weight excluding hydrogens is 426 g/mol. The van der Waals surface area contributed by atoms with Crippen molar-refractivity contribution in [3.8, 4) is 5.88 Å². The number of H-pyrrole nitrogens is 1. The number of rotatable bonds is 7. The zero-order chi connectivity index (χ0) is 22.7. The van der Waals surface area contributed by atoms with Crippen LogP contribution in [0.3, 0.4) is 0 Å². The van der Waals surface area contributed by atoms with E-state index in [0.717, 1.165) is 22.1 Å². The van der Waals surface area contributed by atoms with Crippen molar-refractivity contribution in [2.45, 2.75) is 19.4 Å². The van der Waals surface area contributed by atoms with E-state index in [2.05, 4.69) is 4.98 Å². The summed E-state index contributed by atoms with van der Waals surface area (Å²) in [5.41, 5.74) is 10.8. The molecule has 32 heavy (non-hydrogen) atoms. The minimum atomic E-state index is -0.851. The number of halogens is 1. The number of aryl methyl sites for hydroxylation is 1. The van der Waals surface area contributed by atoms with Gasteiger partial charge in [0.2, 0.25) is 0 Å². The molecule has 0 saturated heterocycles. The molecule has 3 aromatic carbocycles. The van der Waals surface area contributed by atoms with Gasteiger partial charge in [0, 0.05) is 28.9 Å². The van der Waals surface area contributed by atoms with E-state index in [1.807, 2.05) is 54.6 Å². The highest BCUT2D eigenvalue weighted by atomic mass is 35.5. The van der Waals surface area contributed by atoms with E-state index in [1.165, 1.54) is 0 Å². The van der Waals surface area contributed by atoms with E-state index in [1.54, 1.807) is 12.1 Å². The largest absolute Gasteiger partial charge is 0.494 e. The molecule has 1 aromatic heterocycles. The number of carboxylic acid groups (broad SMARTS) is 1. The summed E-state index contributed by atoms with van der Waals surface area (Å²) in [6.45, 7) is 0.437. The third kappa shape index (κ3) is 4.66. The summed E-state index contributed by atoms with van der Waals surface area (Å²) in [6.07, 6.45) is 0.435. The summed E-state index contributed by atoms with van der Waals surface area (Å²) >= 11 is 6.13. The molecule has 4 rings (SSSR count). The Bertz CT molecular complexity index is 1310. The van der Waals surface area contributed by atoms with Crippen LogP contribution in [-0.4, -0.2) is 26.9 Å². The molecule has 162 valence electrons. The van der Waals surface area contributed by atoms with E-state index in [0.29, 0.717) is 40.5 Å². The number of fused-ring (bicyclic) bond motifs is 1. The van der Waals surface area contributed by atoms with Crippen LogP contribution in [0.5, 0.6) is 5.88 Å². The zero-order valence-electron chi connectivity index (χ0n) is 17.2. The number of nitrogens with one attached hydrogen (secondary N) is 1. The van der Waals surface area contributed by atoms with E-state index in [-0.39, 0.29) is 12.3 Å². The van der Waals surface area contributed by atoms with Crippen molar-refractivity contribution in [1.29, 1.82) is 0 Å². The van der Waals surface area contributed by atoms with E-state index in [4.69, 9.17) is 27.4 Å². The Morgan fingerprint density at radius 1 is 1.03 bits per heavy atom. The average Bonchev–Trinajstić information content (AvgIpc) is 3.11. The lowest BCUT2D eigenvalue weighted by molar-refractivity contribution is -0.136. The Morgan fingerprint density at radius 3 is 2.53 bits per heavy atom. The summed E-state index contributed by atoms with van der Waals surface area (Å²) in [5, 5.41) is 21.2. The van der Waals surface area contributed by atoms with Gasteiger partial charge in [-0.3, -0.25) is 4.79 Å². The molecule has 0 bridgehead atoms. The number of aliphatic imine (C=N–C) groups is 1. The third-order valence-corrected chi connectivity index (χ3v) is 5.45. The van der Waals surface area contributed by atoms with Crippen LogP contribution in [0.25, 0.3) is 10.9 Å². The van der Waals surface area contributed by atoms with Gasteiger partial charge in [-0.25, -0.2) is 4.99 Å². The predicted octanol–water partition coefficient (Wildman–Crippen LogP) is 5.17. The van der Waals surface area contributed by atoms with Gasteiger partial charge in [-0.1, -0.05) is 48.0 Å². The maximum Gasteiger partial charge on any atom is 0.303 e. The number of hydrogen-bond donors (Lipinski definition) is 4. The molecule has 7 heteroatoms. The van der Waals surface area contributed by atoms with Crippen LogP contribution < -0.4 is 5.73 Å². The number of aromatic nitrogens is 1. The SMILES string of the molecule is NCc1ccc(N=C(c2cccc(CCC(=O)O)c2)c2c(O)[nH]c3cc(Cl)ccc23)cc1. The monoisotopic (exact) mass is 447 g/mol. The number of nitrogens with two attached hydrogens (primary N) is 1. The summed E-state index contributed by atoms with van der Waals surface area (Å²) in [6, 6.07) is 20.5. The molecule has 0 spiro atoms. The summed E-state index contributed by atoms with van der Waals surface area (Å²) < 4.78 is 0. The number of carboxylic acids is 1. The molecule has 1 heterocycles. The van der Waals surface area contributed by atoms with E-state index in [9.17, 15) is 9.90 Å². The second-order valence-corrected chi connectivity index (χ2v) is 7.90. The van der Waals surface area contributed by atoms with Crippen LogP contribution in [0.4, 0.5) is 5.69 Å². The minimum Gasteiger partial charge on any atom is -0.494 e.